The molecule has 8 heteroatoms. The van der Waals surface area contributed by atoms with Gasteiger partial charge in [-0.3, -0.25) is 19.8 Å². The first-order valence-electron chi connectivity index (χ1n) is 11.4. The highest BCUT2D eigenvalue weighted by Crippen LogP contribution is 2.35. The van der Waals surface area contributed by atoms with Gasteiger partial charge >= 0.3 is 0 Å². The molecule has 6 nitrogen and oxygen atoms in total. The lowest BCUT2D eigenvalue weighted by Crippen LogP contribution is -2.54. The molecule has 1 aromatic carbocycles. The van der Waals surface area contributed by atoms with E-state index in [2.05, 4.69) is 18.3 Å². The Morgan fingerprint density at radius 3 is 2.46 bits per heavy atom. The third-order valence-corrected chi connectivity index (χ3v) is 7.80. The number of anilines is 1. The van der Waals surface area contributed by atoms with Crippen LogP contribution in [0.3, 0.4) is 0 Å². The van der Waals surface area contributed by atoms with E-state index in [1.165, 1.54) is 9.78 Å². The third-order valence-electron chi connectivity index (χ3n) is 6.18. The Morgan fingerprint density at radius 1 is 1.14 bits per heavy atom. The van der Waals surface area contributed by atoms with Crippen LogP contribution in [0.1, 0.15) is 51.9 Å². The van der Waals surface area contributed by atoms with E-state index in [0.717, 1.165) is 45.9 Å². The molecule has 0 radical (unpaired) electrons. The molecular formula is C27H26N4O2S2. The molecule has 1 N–H and O–H groups in total. The van der Waals surface area contributed by atoms with Crippen molar-refractivity contribution in [2.45, 2.75) is 47.5 Å². The number of benzene rings is 1. The number of nitrogens with zero attached hydrogens (tertiary/aromatic N) is 3. The number of nitriles is 1. The average molecular weight is 503 g/mol. The van der Waals surface area contributed by atoms with E-state index in [0.29, 0.717) is 11.3 Å². The molecule has 178 valence electrons. The van der Waals surface area contributed by atoms with Crippen molar-refractivity contribution in [2.75, 3.05) is 4.90 Å². The largest absolute Gasteiger partial charge is 0.308 e. The maximum absolute atomic E-state index is 13.4. The Bertz CT molecular complexity index is 1440. The number of nitrogens with one attached hydrogen (secondary N) is 1. The molecule has 0 atom stereocenters. The fraction of sp³-hybridized carbons (Fsp3) is 0.259. The standard InChI is InChI=1S/C27H26N4O2S2/c1-6-7-23-17(4)22(14-28)26(35-23)30-16(3)12-19(18(30)5)13-21-24(32)29-27(34)31(25(21)33)20-10-8-15(2)9-11-20/h8-13H,6-7H2,1-5H3,(H,29,32,34). The quantitative estimate of drug-likeness (QED) is 0.287. The SMILES string of the molecule is CCCc1sc(-n2c(C)cc(C=C3C(=O)NC(=S)N(c4ccc(C)cc4)C3=O)c2C)c(C#N)c1C. The molecular weight excluding hydrogens is 476 g/mol. The number of hydrogen-bond donors (Lipinski definition) is 1. The highest BCUT2D eigenvalue weighted by Gasteiger charge is 2.34. The second-order valence-electron chi connectivity index (χ2n) is 8.65. The molecule has 1 aliphatic heterocycles. The van der Waals surface area contributed by atoms with Gasteiger partial charge in [-0.05, 0) is 81.7 Å². The number of amides is 2. The lowest BCUT2D eigenvalue weighted by Gasteiger charge is -2.29. The number of carbonyl (C=O) groups excluding carboxylic acids is 2. The monoisotopic (exact) mass is 502 g/mol. The summed E-state index contributed by atoms with van der Waals surface area (Å²) in [5.74, 6) is -0.995. The fourth-order valence-corrected chi connectivity index (χ4v) is 6.04. The van der Waals surface area contributed by atoms with Gasteiger partial charge in [-0.2, -0.15) is 5.26 Å². The molecule has 35 heavy (non-hydrogen) atoms. The van der Waals surface area contributed by atoms with Crippen molar-refractivity contribution in [2.24, 2.45) is 0 Å². The van der Waals surface area contributed by atoms with Crippen LogP contribution in [0.5, 0.6) is 0 Å². The van der Waals surface area contributed by atoms with Gasteiger partial charge in [0.2, 0.25) is 0 Å². The van der Waals surface area contributed by atoms with E-state index in [4.69, 9.17) is 12.2 Å². The summed E-state index contributed by atoms with van der Waals surface area (Å²) in [7, 11) is 0. The molecule has 1 saturated heterocycles. The second-order valence-corrected chi connectivity index (χ2v) is 10.1. The first-order valence-corrected chi connectivity index (χ1v) is 12.6. The van der Waals surface area contributed by atoms with Crippen LogP contribution < -0.4 is 10.2 Å². The molecule has 0 aliphatic carbocycles. The van der Waals surface area contributed by atoms with Crippen LogP contribution in [0.15, 0.2) is 35.9 Å². The highest BCUT2D eigenvalue weighted by molar-refractivity contribution is 7.80. The number of hydrogen-bond acceptors (Lipinski definition) is 5. The summed E-state index contributed by atoms with van der Waals surface area (Å²) < 4.78 is 2.04. The summed E-state index contributed by atoms with van der Waals surface area (Å²) in [4.78, 5) is 28.7. The predicted octanol–water partition coefficient (Wildman–Crippen LogP) is 5.43. The highest BCUT2D eigenvalue weighted by atomic mass is 32.1. The Labute approximate surface area is 214 Å². The molecule has 0 spiro atoms. The van der Waals surface area contributed by atoms with Gasteiger partial charge in [-0.1, -0.05) is 31.0 Å². The van der Waals surface area contributed by atoms with Gasteiger partial charge < -0.3 is 4.57 Å². The molecule has 0 unspecified atom stereocenters. The van der Waals surface area contributed by atoms with Crippen LogP contribution >= 0.6 is 23.6 Å². The Hall–Kier alpha value is -3.54. The van der Waals surface area contributed by atoms with Gasteiger partial charge in [0.25, 0.3) is 11.8 Å². The van der Waals surface area contributed by atoms with Gasteiger partial charge in [-0.15, -0.1) is 11.3 Å². The van der Waals surface area contributed by atoms with Crippen LogP contribution in [0.25, 0.3) is 11.1 Å². The van der Waals surface area contributed by atoms with Crippen molar-refractivity contribution >= 4 is 52.2 Å². The van der Waals surface area contributed by atoms with Crippen LogP contribution in [-0.2, 0) is 16.0 Å². The predicted molar refractivity (Wildman–Crippen MR) is 144 cm³/mol. The van der Waals surface area contributed by atoms with Gasteiger partial charge in [-0.25, -0.2) is 0 Å². The maximum atomic E-state index is 13.4. The molecule has 4 rings (SSSR count). The fourth-order valence-electron chi connectivity index (χ4n) is 4.29. The number of rotatable bonds is 5. The van der Waals surface area contributed by atoms with E-state index >= 15 is 0 Å². The number of aryl methyl sites for hydroxylation is 3. The minimum absolute atomic E-state index is 0.00830. The molecule has 2 aromatic heterocycles. The topological polar surface area (TPSA) is 78.1 Å². The van der Waals surface area contributed by atoms with E-state index in [9.17, 15) is 14.9 Å². The molecule has 1 fully saturated rings. The lowest BCUT2D eigenvalue weighted by atomic mass is 10.1. The summed E-state index contributed by atoms with van der Waals surface area (Å²) in [5.41, 5.74) is 5.86. The Morgan fingerprint density at radius 2 is 1.83 bits per heavy atom. The Kier molecular flexibility index (Phi) is 6.75. The van der Waals surface area contributed by atoms with Crippen molar-refractivity contribution in [3.05, 3.63) is 74.4 Å². The minimum Gasteiger partial charge on any atom is -0.308 e. The summed E-state index contributed by atoms with van der Waals surface area (Å²) in [6.45, 7) is 9.97. The zero-order valence-corrected chi connectivity index (χ0v) is 22.0. The van der Waals surface area contributed by atoms with Crippen molar-refractivity contribution < 1.29 is 9.59 Å². The number of aromatic nitrogens is 1. The summed E-state index contributed by atoms with van der Waals surface area (Å²) >= 11 is 6.93. The molecule has 3 aromatic rings. The average Bonchev–Trinajstić information content (AvgIpc) is 3.26. The van der Waals surface area contributed by atoms with Gasteiger partial charge in [0.1, 0.15) is 16.6 Å². The van der Waals surface area contributed by atoms with Gasteiger partial charge in [0.15, 0.2) is 5.11 Å². The maximum Gasteiger partial charge on any atom is 0.270 e. The van der Waals surface area contributed by atoms with Gasteiger partial charge in [0, 0.05) is 16.3 Å². The van der Waals surface area contributed by atoms with E-state index in [-0.39, 0.29) is 10.7 Å². The van der Waals surface area contributed by atoms with Crippen LogP contribution in [-0.4, -0.2) is 21.5 Å². The number of carbonyl (C=O) groups is 2. The van der Waals surface area contributed by atoms with E-state index in [1.807, 2.05) is 50.5 Å². The normalized spacial score (nSPS) is 15.0. The van der Waals surface area contributed by atoms with Crippen molar-refractivity contribution in [1.29, 1.82) is 5.26 Å². The molecule has 0 bridgehead atoms. The molecule has 3 heterocycles. The lowest BCUT2D eigenvalue weighted by molar-refractivity contribution is -0.122. The van der Waals surface area contributed by atoms with Crippen LogP contribution in [0.2, 0.25) is 0 Å². The number of thiophene rings is 1. The first kappa shape index (κ1) is 24.6. The summed E-state index contributed by atoms with van der Waals surface area (Å²) in [5, 5.41) is 13.4. The molecule has 1 aliphatic rings. The van der Waals surface area contributed by atoms with Crippen molar-refractivity contribution in [3.63, 3.8) is 0 Å². The second kappa shape index (κ2) is 9.61. The third kappa shape index (κ3) is 4.33. The van der Waals surface area contributed by atoms with Crippen molar-refractivity contribution in [3.8, 4) is 11.1 Å². The van der Waals surface area contributed by atoms with E-state index in [1.54, 1.807) is 29.5 Å². The molecule has 0 saturated carbocycles. The zero-order chi connectivity index (χ0) is 25.4. The summed E-state index contributed by atoms with van der Waals surface area (Å²) in [6.07, 6.45) is 3.53. The zero-order valence-electron chi connectivity index (χ0n) is 20.4. The van der Waals surface area contributed by atoms with Crippen LogP contribution in [0.4, 0.5) is 5.69 Å². The van der Waals surface area contributed by atoms with E-state index < -0.39 is 11.8 Å². The molecule has 2 amide bonds. The summed E-state index contributed by atoms with van der Waals surface area (Å²) in [6, 6.07) is 11.7. The number of thiocarbonyl (C=S) groups is 1. The smallest absolute Gasteiger partial charge is 0.270 e. The minimum atomic E-state index is -0.525. The first-order chi connectivity index (χ1) is 16.7. The van der Waals surface area contributed by atoms with Crippen LogP contribution in [0, 0.1) is 39.0 Å². The Balaban J connectivity index is 1.79. The van der Waals surface area contributed by atoms with Gasteiger partial charge in [0.05, 0.1) is 11.3 Å². The van der Waals surface area contributed by atoms with Crippen molar-refractivity contribution in [1.82, 2.24) is 9.88 Å².